The quantitative estimate of drug-likeness (QED) is 0.394. The number of hydrogen-bond donors (Lipinski definition) is 2. The number of amides is 1. The number of carbonyl (C=O) groups is 1. The molecule has 1 aliphatic heterocycles. The van der Waals surface area contributed by atoms with Crippen LogP contribution in [0.2, 0.25) is 0 Å². The number of aromatic nitrogens is 2. The molecule has 4 bridgehead atoms. The first-order valence-corrected chi connectivity index (χ1v) is 15.8. The number of sulfonamides is 1. The Morgan fingerprint density at radius 3 is 2.39 bits per heavy atom. The second-order valence-corrected chi connectivity index (χ2v) is 14.5. The Morgan fingerprint density at radius 2 is 1.73 bits per heavy atom. The average Bonchev–Trinajstić information content (AvgIpc) is 2.84. The summed E-state index contributed by atoms with van der Waals surface area (Å²) in [6.45, 7) is 12.6. The summed E-state index contributed by atoms with van der Waals surface area (Å²) in [5.74, 6) is 0.705. The number of fused-ring (bicyclic) bond motifs is 4. The molecule has 1 amide bonds. The molecule has 9 heteroatoms. The molecule has 218 valence electrons. The monoisotopic (exact) mass is 576 g/mol. The van der Waals surface area contributed by atoms with E-state index in [0.717, 1.165) is 41.5 Å². The molecule has 2 N–H and O–H groups in total. The fourth-order valence-corrected chi connectivity index (χ4v) is 7.52. The zero-order valence-electron chi connectivity index (χ0n) is 24.7. The lowest BCUT2D eigenvalue weighted by atomic mass is 9.63. The van der Waals surface area contributed by atoms with Crippen LogP contribution < -0.4 is 14.8 Å². The van der Waals surface area contributed by atoms with E-state index in [1.54, 1.807) is 31.2 Å². The van der Waals surface area contributed by atoms with Gasteiger partial charge in [0.2, 0.25) is 17.7 Å². The molecule has 1 unspecified atom stereocenters. The van der Waals surface area contributed by atoms with Gasteiger partial charge in [-0.1, -0.05) is 51.1 Å². The number of rotatable bonds is 4. The van der Waals surface area contributed by atoms with Crippen LogP contribution in [0.15, 0.2) is 53.4 Å². The van der Waals surface area contributed by atoms with E-state index in [2.05, 4.69) is 40.8 Å². The van der Waals surface area contributed by atoms with Crippen molar-refractivity contribution in [2.45, 2.75) is 77.7 Å². The van der Waals surface area contributed by atoms with Crippen LogP contribution in [-0.4, -0.2) is 36.9 Å². The molecule has 5 rings (SSSR count). The van der Waals surface area contributed by atoms with Gasteiger partial charge in [0.05, 0.1) is 17.2 Å². The molecular weight excluding hydrogens is 536 g/mol. The zero-order valence-corrected chi connectivity index (χ0v) is 25.5. The van der Waals surface area contributed by atoms with Gasteiger partial charge in [-0.25, -0.2) is 18.1 Å². The van der Waals surface area contributed by atoms with Crippen molar-refractivity contribution in [2.75, 3.05) is 11.3 Å². The van der Waals surface area contributed by atoms with E-state index in [1.807, 2.05) is 38.1 Å². The highest BCUT2D eigenvalue weighted by molar-refractivity contribution is 7.92. The maximum atomic E-state index is 13.6. The van der Waals surface area contributed by atoms with E-state index < -0.39 is 10.0 Å². The molecule has 0 saturated heterocycles. The normalized spacial score (nSPS) is 23.6. The molecule has 1 saturated carbocycles. The minimum Gasteiger partial charge on any atom is -0.477 e. The van der Waals surface area contributed by atoms with Gasteiger partial charge in [0.15, 0.2) is 0 Å². The highest BCUT2D eigenvalue weighted by Crippen LogP contribution is 2.47. The summed E-state index contributed by atoms with van der Waals surface area (Å²) >= 11 is 0. The van der Waals surface area contributed by atoms with Crippen molar-refractivity contribution in [3.63, 3.8) is 0 Å². The van der Waals surface area contributed by atoms with Gasteiger partial charge in [-0.05, 0) is 79.2 Å². The molecule has 1 fully saturated rings. The molecule has 0 spiro atoms. The van der Waals surface area contributed by atoms with Gasteiger partial charge in [0, 0.05) is 30.5 Å². The van der Waals surface area contributed by atoms with Crippen molar-refractivity contribution in [1.82, 2.24) is 15.3 Å². The summed E-state index contributed by atoms with van der Waals surface area (Å²) in [6.07, 6.45) is 2.55. The van der Waals surface area contributed by atoms with Crippen molar-refractivity contribution in [2.24, 2.45) is 17.3 Å². The van der Waals surface area contributed by atoms with Crippen LogP contribution in [-0.2, 0) is 14.8 Å². The third-order valence-electron chi connectivity index (χ3n) is 8.14. The van der Waals surface area contributed by atoms with Crippen LogP contribution in [0, 0.1) is 31.1 Å². The highest BCUT2D eigenvalue weighted by atomic mass is 32.2. The van der Waals surface area contributed by atoms with E-state index in [1.165, 1.54) is 0 Å². The fourth-order valence-electron chi connectivity index (χ4n) is 6.52. The third kappa shape index (κ3) is 6.56. The Hall–Kier alpha value is -3.46. The Bertz CT molecular complexity index is 1540. The van der Waals surface area contributed by atoms with Crippen molar-refractivity contribution in [3.05, 3.63) is 65.2 Å². The molecule has 2 aliphatic rings. The molecule has 2 heterocycles. The SMILES string of the molecule is CC(=O)N[C@H]1C[C@@H](C2c3cccc(c3)S(=O)(=O)Nc3nc(cc(-c4c(C)cccc4C)n3)OC[C@H]2CC(C)(C)C)C1. The molecule has 2 atom stereocenters. The first-order chi connectivity index (χ1) is 19.3. The molecule has 1 aliphatic carbocycles. The van der Waals surface area contributed by atoms with E-state index in [-0.39, 0.29) is 46.0 Å². The van der Waals surface area contributed by atoms with E-state index >= 15 is 0 Å². The van der Waals surface area contributed by atoms with Crippen LogP contribution in [0.1, 0.15) is 69.6 Å². The molecule has 2 aromatic carbocycles. The van der Waals surface area contributed by atoms with Crippen LogP contribution in [0.3, 0.4) is 0 Å². The van der Waals surface area contributed by atoms with Gasteiger partial charge < -0.3 is 10.1 Å². The second kappa shape index (κ2) is 11.1. The summed E-state index contributed by atoms with van der Waals surface area (Å²) in [6, 6.07) is 15.2. The average molecular weight is 577 g/mol. The first kappa shape index (κ1) is 29.0. The number of carbonyl (C=O) groups excluding carboxylic acids is 1. The molecule has 3 aromatic rings. The number of ether oxygens (including phenoxy) is 1. The highest BCUT2D eigenvalue weighted by Gasteiger charge is 2.41. The minimum atomic E-state index is -3.97. The standard InChI is InChI=1S/C32H40N4O4S/c1-19-9-7-10-20(2)29(19)27-16-28-35-31(34-27)36-41(38,39)26-12-8-11-22(15-26)30(23-13-25(14-23)33-21(3)37)24(18-40-28)17-32(4,5)6/h7-12,15-16,23-25,30H,13-14,17-18H2,1-6H3,(H,33,37)(H,34,35,36)/t23-,24-,25+,30?/m1/s1. The first-order valence-electron chi connectivity index (χ1n) is 14.3. The van der Waals surface area contributed by atoms with Gasteiger partial charge in [-0.2, -0.15) is 4.98 Å². The Morgan fingerprint density at radius 1 is 1.05 bits per heavy atom. The maximum absolute atomic E-state index is 13.6. The van der Waals surface area contributed by atoms with Gasteiger partial charge in [-0.15, -0.1) is 0 Å². The molecular formula is C32H40N4O4S. The van der Waals surface area contributed by atoms with Crippen molar-refractivity contribution >= 4 is 21.9 Å². The number of nitrogens with zero attached hydrogens (tertiary/aromatic N) is 2. The van der Waals surface area contributed by atoms with Gasteiger partial charge in [-0.3, -0.25) is 4.79 Å². The largest absolute Gasteiger partial charge is 0.477 e. The third-order valence-corrected chi connectivity index (χ3v) is 9.46. The van der Waals surface area contributed by atoms with Gasteiger partial charge in [0.25, 0.3) is 10.0 Å². The van der Waals surface area contributed by atoms with Crippen LogP contribution in [0.4, 0.5) is 5.95 Å². The number of anilines is 1. The second-order valence-electron chi connectivity index (χ2n) is 12.9. The lowest BCUT2D eigenvalue weighted by molar-refractivity contribution is -0.120. The predicted octanol–water partition coefficient (Wildman–Crippen LogP) is 6.00. The van der Waals surface area contributed by atoms with Gasteiger partial charge in [0.1, 0.15) is 0 Å². The summed E-state index contributed by atoms with van der Waals surface area (Å²) in [4.78, 5) is 21.0. The van der Waals surface area contributed by atoms with E-state index in [9.17, 15) is 13.2 Å². The minimum absolute atomic E-state index is 0.00955. The lowest BCUT2D eigenvalue weighted by Crippen LogP contribution is -2.47. The number of aryl methyl sites for hydroxylation is 2. The summed E-state index contributed by atoms with van der Waals surface area (Å²) in [5, 5.41) is 3.04. The van der Waals surface area contributed by atoms with E-state index in [0.29, 0.717) is 18.2 Å². The maximum Gasteiger partial charge on any atom is 0.264 e. The Balaban J connectivity index is 1.62. The van der Waals surface area contributed by atoms with Gasteiger partial charge >= 0.3 is 0 Å². The van der Waals surface area contributed by atoms with Crippen LogP contribution in [0.25, 0.3) is 11.3 Å². The summed E-state index contributed by atoms with van der Waals surface area (Å²) in [7, 11) is -3.97. The number of benzene rings is 2. The molecule has 1 aromatic heterocycles. The number of hydrogen-bond acceptors (Lipinski definition) is 6. The van der Waals surface area contributed by atoms with Crippen molar-refractivity contribution in [3.8, 4) is 17.1 Å². The Kier molecular flexibility index (Phi) is 7.85. The topological polar surface area (TPSA) is 110 Å². The number of nitrogens with one attached hydrogen (secondary N) is 2. The Labute approximate surface area is 243 Å². The zero-order chi connectivity index (χ0) is 29.5. The summed E-state index contributed by atoms with van der Waals surface area (Å²) in [5.41, 5.74) is 4.57. The van der Waals surface area contributed by atoms with Crippen molar-refractivity contribution in [1.29, 1.82) is 0 Å². The van der Waals surface area contributed by atoms with E-state index in [4.69, 9.17) is 4.74 Å². The molecule has 8 nitrogen and oxygen atoms in total. The molecule has 0 radical (unpaired) electrons. The summed E-state index contributed by atoms with van der Waals surface area (Å²) < 4.78 is 36.3. The molecule has 41 heavy (non-hydrogen) atoms. The lowest BCUT2D eigenvalue weighted by Gasteiger charge is -2.45. The van der Waals surface area contributed by atoms with Crippen LogP contribution in [0.5, 0.6) is 5.88 Å². The van der Waals surface area contributed by atoms with Crippen molar-refractivity contribution < 1.29 is 17.9 Å². The smallest absolute Gasteiger partial charge is 0.264 e. The van der Waals surface area contributed by atoms with Crippen LogP contribution >= 0.6 is 0 Å². The predicted molar refractivity (Wildman–Crippen MR) is 160 cm³/mol. The fraction of sp³-hybridized carbons (Fsp3) is 0.469.